The van der Waals surface area contributed by atoms with Gasteiger partial charge < -0.3 is 10.2 Å². The van der Waals surface area contributed by atoms with Crippen molar-refractivity contribution >= 4 is 11.6 Å². The number of aryl methyl sites for hydroxylation is 1. The molecule has 1 heterocycles. The molecule has 146 valence electrons. The smallest absolute Gasteiger partial charge is 0.245 e. The number of hydrogen-bond acceptors (Lipinski definition) is 3. The first-order valence-electron chi connectivity index (χ1n) is 10.2. The third-order valence-electron chi connectivity index (χ3n) is 5.66. The molecule has 0 bridgehead atoms. The van der Waals surface area contributed by atoms with Gasteiger partial charge in [0.25, 0.3) is 0 Å². The van der Waals surface area contributed by atoms with E-state index in [0.717, 1.165) is 42.1 Å². The van der Waals surface area contributed by atoms with E-state index in [1.807, 2.05) is 55.8 Å². The van der Waals surface area contributed by atoms with E-state index in [2.05, 4.69) is 22.2 Å². The van der Waals surface area contributed by atoms with Gasteiger partial charge in [-0.2, -0.15) is 5.10 Å². The van der Waals surface area contributed by atoms with Crippen LogP contribution in [0.5, 0.6) is 0 Å². The minimum absolute atomic E-state index is 0.190. The SMILES string of the molecule is CCN(C(=O)C(C)Nc1c(C)nn(-c2ccccc2)c1C)C1CCCCC1. The summed E-state index contributed by atoms with van der Waals surface area (Å²) in [6, 6.07) is 10.2. The Hall–Kier alpha value is -2.30. The lowest BCUT2D eigenvalue weighted by atomic mass is 9.94. The Kier molecular flexibility index (Phi) is 6.19. The predicted molar refractivity (Wildman–Crippen MR) is 110 cm³/mol. The molecule has 0 radical (unpaired) electrons. The molecule has 0 saturated heterocycles. The Balaban J connectivity index is 1.76. The van der Waals surface area contributed by atoms with E-state index in [1.165, 1.54) is 19.3 Å². The number of para-hydroxylation sites is 1. The van der Waals surface area contributed by atoms with Gasteiger partial charge in [-0.15, -0.1) is 0 Å². The number of carbonyl (C=O) groups excluding carboxylic acids is 1. The molecule has 1 aliphatic carbocycles. The predicted octanol–water partition coefficient (Wildman–Crippen LogP) is 4.47. The van der Waals surface area contributed by atoms with Crippen LogP contribution >= 0.6 is 0 Å². The van der Waals surface area contributed by atoms with Crippen molar-refractivity contribution in [3.63, 3.8) is 0 Å². The zero-order valence-electron chi connectivity index (χ0n) is 17.0. The van der Waals surface area contributed by atoms with Crippen LogP contribution < -0.4 is 5.32 Å². The topological polar surface area (TPSA) is 50.2 Å². The third kappa shape index (κ3) is 4.18. The summed E-state index contributed by atoms with van der Waals surface area (Å²) in [6.07, 6.45) is 6.04. The molecule has 2 aromatic rings. The van der Waals surface area contributed by atoms with Gasteiger partial charge in [-0.1, -0.05) is 37.5 Å². The number of likely N-dealkylation sites (N-methyl/N-ethyl adjacent to an activating group) is 1. The Morgan fingerprint density at radius 3 is 2.52 bits per heavy atom. The van der Waals surface area contributed by atoms with Crippen molar-refractivity contribution in [2.24, 2.45) is 0 Å². The summed E-state index contributed by atoms with van der Waals surface area (Å²) in [7, 11) is 0. The average Bonchev–Trinajstić information content (AvgIpc) is 2.98. The van der Waals surface area contributed by atoms with Crippen molar-refractivity contribution in [1.82, 2.24) is 14.7 Å². The van der Waals surface area contributed by atoms with Gasteiger partial charge in [0.15, 0.2) is 0 Å². The third-order valence-corrected chi connectivity index (χ3v) is 5.66. The lowest BCUT2D eigenvalue weighted by Gasteiger charge is -2.35. The van der Waals surface area contributed by atoms with Crippen molar-refractivity contribution in [3.05, 3.63) is 41.7 Å². The number of nitrogens with zero attached hydrogens (tertiary/aromatic N) is 3. The summed E-state index contributed by atoms with van der Waals surface area (Å²) in [6.45, 7) is 8.86. The zero-order valence-corrected chi connectivity index (χ0v) is 17.0. The van der Waals surface area contributed by atoms with Gasteiger partial charge in [-0.05, 0) is 52.7 Å². The van der Waals surface area contributed by atoms with Gasteiger partial charge in [0.05, 0.1) is 22.8 Å². The van der Waals surface area contributed by atoms with Crippen molar-refractivity contribution in [3.8, 4) is 5.69 Å². The summed E-state index contributed by atoms with van der Waals surface area (Å²) in [5.74, 6) is 0.190. The first-order chi connectivity index (χ1) is 13.0. The fraction of sp³-hybridized carbons (Fsp3) is 0.545. The van der Waals surface area contributed by atoms with Gasteiger partial charge in [-0.25, -0.2) is 4.68 Å². The molecule has 1 saturated carbocycles. The fourth-order valence-electron chi connectivity index (χ4n) is 4.19. The highest BCUT2D eigenvalue weighted by Crippen LogP contribution is 2.26. The molecule has 1 aliphatic rings. The minimum atomic E-state index is -0.266. The molecule has 0 spiro atoms. The summed E-state index contributed by atoms with van der Waals surface area (Å²) in [5.41, 5.74) is 3.93. The van der Waals surface area contributed by atoms with E-state index in [-0.39, 0.29) is 11.9 Å². The molecule has 5 nitrogen and oxygen atoms in total. The highest BCUT2D eigenvalue weighted by Gasteiger charge is 2.28. The molecular formula is C22H32N4O. The van der Waals surface area contributed by atoms with Crippen LogP contribution in [0.4, 0.5) is 5.69 Å². The number of anilines is 1. The molecule has 1 aromatic carbocycles. The van der Waals surface area contributed by atoms with Gasteiger partial charge in [0.2, 0.25) is 5.91 Å². The van der Waals surface area contributed by atoms with E-state index >= 15 is 0 Å². The molecule has 1 fully saturated rings. The normalized spacial score (nSPS) is 16.1. The van der Waals surface area contributed by atoms with Gasteiger partial charge in [0.1, 0.15) is 6.04 Å². The number of carbonyl (C=O) groups is 1. The number of amides is 1. The highest BCUT2D eigenvalue weighted by molar-refractivity contribution is 5.85. The first-order valence-corrected chi connectivity index (χ1v) is 10.2. The zero-order chi connectivity index (χ0) is 19.4. The van der Waals surface area contributed by atoms with E-state index in [0.29, 0.717) is 6.04 Å². The lowest BCUT2D eigenvalue weighted by Crippen LogP contribution is -2.47. The van der Waals surface area contributed by atoms with Crippen LogP contribution in [0, 0.1) is 13.8 Å². The lowest BCUT2D eigenvalue weighted by molar-refractivity contribution is -0.134. The second kappa shape index (κ2) is 8.59. The average molecular weight is 369 g/mol. The van der Waals surface area contributed by atoms with Crippen LogP contribution in [0.25, 0.3) is 5.69 Å². The van der Waals surface area contributed by atoms with Crippen molar-refractivity contribution in [2.45, 2.75) is 71.9 Å². The second-order valence-corrected chi connectivity index (χ2v) is 7.58. The summed E-state index contributed by atoms with van der Waals surface area (Å²) in [4.78, 5) is 15.2. The molecule has 1 amide bonds. The molecule has 5 heteroatoms. The first kappa shape index (κ1) is 19.5. The van der Waals surface area contributed by atoms with Crippen molar-refractivity contribution in [2.75, 3.05) is 11.9 Å². The highest BCUT2D eigenvalue weighted by atomic mass is 16.2. The summed E-state index contributed by atoms with van der Waals surface area (Å²) >= 11 is 0. The van der Waals surface area contributed by atoms with Crippen molar-refractivity contribution < 1.29 is 4.79 Å². The number of hydrogen-bond donors (Lipinski definition) is 1. The quantitative estimate of drug-likeness (QED) is 0.818. The molecule has 1 unspecified atom stereocenters. The Bertz CT molecular complexity index is 762. The second-order valence-electron chi connectivity index (χ2n) is 7.58. The maximum atomic E-state index is 13.1. The minimum Gasteiger partial charge on any atom is -0.371 e. The van der Waals surface area contributed by atoms with E-state index in [4.69, 9.17) is 0 Å². The van der Waals surface area contributed by atoms with Crippen LogP contribution in [0.15, 0.2) is 30.3 Å². The van der Waals surface area contributed by atoms with Crippen molar-refractivity contribution in [1.29, 1.82) is 0 Å². The molecule has 1 N–H and O–H groups in total. The van der Waals surface area contributed by atoms with Gasteiger partial charge in [0, 0.05) is 12.6 Å². The molecule has 27 heavy (non-hydrogen) atoms. The van der Waals surface area contributed by atoms with Crippen LogP contribution in [-0.4, -0.2) is 39.2 Å². The maximum Gasteiger partial charge on any atom is 0.245 e. The fourth-order valence-corrected chi connectivity index (χ4v) is 4.19. The maximum absolute atomic E-state index is 13.1. The molecule has 3 rings (SSSR count). The summed E-state index contributed by atoms with van der Waals surface area (Å²) < 4.78 is 1.94. The van der Waals surface area contributed by atoms with Crippen LogP contribution in [-0.2, 0) is 4.79 Å². The number of nitrogens with one attached hydrogen (secondary N) is 1. The van der Waals surface area contributed by atoms with Gasteiger partial charge >= 0.3 is 0 Å². The summed E-state index contributed by atoms with van der Waals surface area (Å²) in [5, 5.41) is 8.12. The number of benzene rings is 1. The Morgan fingerprint density at radius 2 is 1.89 bits per heavy atom. The molecule has 1 aromatic heterocycles. The monoisotopic (exact) mass is 368 g/mol. The Labute approximate surface area is 162 Å². The molecule has 0 aliphatic heterocycles. The largest absolute Gasteiger partial charge is 0.371 e. The van der Waals surface area contributed by atoms with Gasteiger partial charge in [-0.3, -0.25) is 4.79 Å². The number of aromatic nitrogens is 2. The standard InChI is InChI=1S/C22H32N4O/c1-5-25(19-12-8-6-9-13-19)22(27)17(3)23-21-16(2)24-26(18(21)4)20-14-10-7-11-15-20/h7,10-11,14-15,17,19,23H,5-6,8-9,12-13H2,1-4H3. The molecule has 1 atom stereocenters. The van der Waals surface area contributed by atoms with Crippen LogP contribution in [0.1, 0.15) is 57.3 Å². The van der Waals surface area contributed by atoms with Crippen LogP contribution in [0.2, 0.25) is 0 Å². The van der Waals surface area contributed by atoms with E-state index < -0.39 is 0 Å². The van der Waals surface area contributed by atoms with E-state index in [9.17, 15) is 4.79 Å². The number of rotatable bonds is 6. The Morgan fingerprint density at radius 1 is 1.22 bits per heavy atom. The van der Waals surface area contributed by atoms with Crippen LogP contribution in [0.3, 0.4) is 0 Å². The van der Waals surface area contributed by atoms with E-state index in [1.54, 1.807) is 0 Å². The molecular weight excluding hydrogens is 336 g/mol.